The van der Waals surface area contributed by atoms with Gasteiger partial charge >= 0.3 is 0 Å². The molecule has 0 saturated carbocycles. The lowest BCUT2D eigenvalue weighted by Gasteiger charge is -2.24. The van der Waals surface area contributed by atoms with Crippen molar-refractivity contribution in [2.45, 2.75) is 24.3 Å². The summed E-state index contributed by atoms with van der Waals surface area (Å²) in [4.78, 5) is 2.34. The molecule has 0 heterocycles. The van der Waals surface area contributed by atoms with E-state index in [9.17, 15) is 8.42 Å². The summed E-state index contributed by atoms with van der Waals surface area (Å²) in [6.07, 6.45) is 0.787. The first-order valence-electron chi connectivity index (χ1n) is 7.76. The van der Waals surface area contributed by atoms with Gasteiger partial charge in [0.1, 0.15) is 0 Å². The van der Waals surface area contributed by atoms with Crippen LogP contribution in [0.2, 0.25) is 0 Å². The van der Waals surface area contributed by atoms with Gasteiger partial charge in [-0.25, -0.2) is 13.1 Å². The maximum absolute atomic E-state index is 12.5. The van der Waals surface area contributed by atoms with Crippen LogP contribution in [-0.2, 0) is 16.4 Å². The van der Waals surface area contributed by atoms with Crippen molar-refractivity contribution < 1.29 is 8.42 Å². The Labute approximate surface area is 153 Å². The molecule has 0 bridgehead atoms. The molecule has 0 aromatic heterocycles. The van der Waals surface area contributed by atoms with Gasteiger partial charge in [-0.05, 0) is 56.8 Å². The van der Waals surface area contributed by atoms with E-state index >= 15 is 0 Å². The summed E-state index contributed by atoms with van der Waals surface area (Å²) in [5.41, 5.74) is 2.08. The number of likely N-dealkylation sites (N-methyl/N-ethyl adjacent to an activating group) is 1. The van der Waals surface area contributed by atoms with E-state index in [0.29, 0.717) is 11.4 Å². The summed E-state index contributed by atoms with van der Waals surface area (Å²) in [6, 6.07) is 15.2. The second-order valence-corrected chi connectivity index (χ2v) is 8.69. The summed E-state index contributed by atoms with van der Waals surface area (Å²) in [6.45, 7) is 2.24. The van der Waals surface area contributed by atoms with Crippen LogP contribution in [0.3, 0.4) is 0 Å². The molecule has 4 nitrogen and oxygen atoms in total. The fourth-order valence-corrected chi connectivity index (χ4v) is 3.80. The molecule has 0 aliphatic heterocycles. The number of nitrogens with one attached hydrogen (secondary N) is 1. The van der Waals surface area contributed by atoms with Crippen LogP contribution < -0.4 is 4.72 Å². The van der Waals surface area contributed by atoms with Crippen LogP contribution in [0.4, 0.5) is 0 Å². The van der Waals surface area contributed by atoms with Gasteiger partial charge in [-0.2, -0.15) is 0 Å². The molecule has 0 radical (unpaired) electrons. The van der Waals surface area contributed by atoms with E-state index in [1.165, 1.54) is 5.56 Å². The zero-order valence-electron chi connectivity index (χ0n) is 14.2. The Morgan fingerprint density at radius 2 is 1.79 bits per heavy atom. The highest BCUT2D eigenvalue weighted by atomic mass is 79.9. The van der Waals surface area contributed by atoms with E-state index in [4.69, 9.17) is 0 Å². The van der Waals surface area contributed by atoms with Crippen molar-refractivity contribution in [2.75, 3.05) is 20.6 Å². The summed E-state index contributed by atoms with van der Waals surface area (Å²) in [7, 11) is 0.410. The van der Waals surface area contributed by atoms with Crippen molar-refractivity contribution in [3.8, 4) is 0 Å². The number of hydrogen-bond donors (Lipinski definition) is 1. The van der Waals surface area contributed by atoms with E-state index in [0.717, 1.165) is 16.5 Å². The summed E-state index contributed by atoms with van der Waals surface area (Å²) in [5.74, 6) is 0. The summed E-state index contributed by atoms with van der Waals surface area (Å²) in [5, 5.41) is 0. The molecule has 0 amide bonds. The van der Waals surface area contributed by atoms with Crippen LogP contribution in [-0.4, -0.2) is 40.0 Å². The molecule has 24 heavy (non-hydrogen) atoms. The molecule has 130 valence electrons. The van der Waals surface area contributed by atoms with E-state index in [1.807, 2.05) is 44.1 Å². The van der Waals surface area contributed by atoms with Crippen LogP contribution >= 0.6 is 15.9 Å². The predicted octanol–water partition coefficient (Wildman–Crippen LogP) is 3.21. The number of sulfonamides is 1. The normalized spacial score (nSPS) is 13.2. The van der Waals surface area contributed by atoms with Crippen molar-refractivity contribution in [2.24, 2.45) is 0 Å². The van der Waals surface area contributed by atoms with Crippen LogP contribution in [0.5, 0.6) is 0 Å². The second-order valence-electron chi connectivity index (χ2n) is 6.07. The highest BCUT2D eigenvalue weighted by Crippen LogP contribution is 2.20. The Morgan fingerprint density at radius 1 is 1.12 bits per heavy atom. The molecule has 6 heteroatoms. The third-order valence-corrected chi connectivity index (χ3v) is 6.30. The van der Waals surface area contributed by atoms with Gasteiger partial charge < -0.3 is 4.90 Å². The fraction of sp³-hybridized carbons (Fsp3) is 0.333. The molecule has 1 unspecified atom stereocenters. The van der Waals surface area contributed by atoms with Crippen LogP contribution in [0, 0.1) is 6.92 Å². The minimum absolute atomic E-state index is 0.0821. The predicted molar refractivity (Wildman–Crippen MR) is 102 cm³/mol. The quantitative estimate of drug-likeness (QED) is 0.761. The average molecular weight is 411 g/mol. The fourth-order valence-electron chi connectivity index (χ4n) is 2.40. The zero-order valence-corrected chi connectivity index (χ0v) is 16.6. The molecule has 1 atom stereocenters. The molecule has 2 aromatic rings. The molecule has 2 aromatic carbocycles. The molecule has 0 spiro atoms. The second kappa shape index (κ2) is 8.25. The third kappa shape index (κ3) is 5.14. The molecule has 0 fully saturated rings. The molecular weight excluding hydrogens is 388 g/mol. The highest BCUT2D eigenvalue weighted by molar-refractivity contribution is 9.10. The van der Waals surface area contributed by atoms with Crippen molar-refractivity contribution in [1.82, 2.24) is 9.62 Å². The number of rotatable bonds is 7. The lowest BCUT2D eigenvalue weighted by Crippen LogP contribution is -2.41. The lowest BCUT2D eigenvalue weighted by atomic mass is 10.1. The maximum Gasteiger partial charge on any atom is 0.240 e. The van der Waals surface area contributed by atoms with Crippen LogP contribution in [0.25, 0.3) is 0 Å². The van der Waals surface area contributed by atoms with Gasteiger partial charge in [-0.3, -0.25) is 0 Å². The van der Waals surface area contributed by atoms with Gasteiger partial charge in [-0.15, -0.1) is 0 Å². The summed E-state index contributed by atoms with van der Waals surface area (Å²) < 4.78 is 28.7. The van der Waals surface area contributed by atoms with Gasteiger partial charge in [0.15, 0.2) is 0 Å². The largest absolute Gasteiger partial charge is 0.305 e. The molecule has 0 aliphatic rings. The molecule has 2 rings (SSSR count). The van der Waals surface area contributed by atoms with E-state index in [1.54, 1.807) is 18.2 Å². The third-order valence-electron chi connectivity index (χ3n) is 3.99. The first-order valence-corrected chi connectivity index (χ1v) is 10.0. The van der Waals surface area contributed by atoms with Gasteiger partial charge in [0, 0.05) is 17.1 Å². The summed E-state index contributed by atoms with van der Waals surface area (Å²) >= 11 is 3.39. The number of hydrogen-bond acceptors (Lipinski definition) is 3. The van der Waals surface area contributed by atoms with Crippen molar-refractivity contribution in [3.63, 3.8) is 0 Å². The van der Waals surface area contributed by atoms with Crippen LogP contribution in [0.1, 0.15) is 11.1 Å². The monoisotopic (exact) mass is 410 g/mol. The van der Waals surface area contributed by atoms with Crippen molar-refractivity contribution >= 4 is 26.0 Å². The molecule has 0 aliphatic carbocycles. The number of halogens is 1. The van der Waals surface area contributed by atoms with Crippen molar-refractivity contribution in [1.29, 1.82) is 0 Å². The van der Waals surface area contributed by atoms with Gasteiger partial charge in [0.25, 0.3) is 0 Å². The van der Waals surface area contributed by atoms with Gasteiger partial charge in [0.05, 0.1) is 4.90 Å². The van der Waals surface area contributed by atoms with Crippen molar-refractivity contribution in [3.05, 3.63) is 64.1 Å². The Balaban J connectivity index is 2.09. The molecule has 1 N–H and O–H groups in total. The average Bonchev–Trinajstić information content (AvgIpc) is 2.54. The smallest absolute Gasteiger partial charge is 0.240 e. The highest BCUT2D eigenvalue weighted by Gasteiger charge is 2.19. The lowest BCUT2D eigenvalue weighted by molar-refractivity contribution is 0.291. The Bertz CT molecular complexity index is 777. The maximum atomic E-state index is 12.5. The van der Waals surface area contributed by atoms with E-state index < -0.39 is 10.0 Å². The SMILES string of the molecule is Cc1cc(S(=O)(=O)NCC(Cc2ccccc2)N(C)C)ccc1Br. The van der Waals surface area contributed by atoms with E-state index in [2.05, 4.69) is 32.8 Å². The Hall–Kier alpha value is -1.21. The first-order chi connectivity index (χ1) is 11.3. The van der Waals surface area contributed by atoms with Crippen LogP contribution in [0.15, 0.2) is 57.9 Å². The Kier molecular flexibility index (Phi) is 6.57. The molecule has 0 saturated heterocycles. The number of benzene rings is 2. The number of aryl methyl sites for hydroxylation is 1. The minimum Gasteiger partial charge on any atom is -0.305 e. The zero-order chi connectivity index (χ0) is 17.7. The standard InChI is InChI=1S/C18H23BrN2O2S/c1-14-11-17(9-10-18(14)19)24(22,23)20-13-16(21(2)3)12-15-7-5-4-6-8-15/h4-11,16,20H,12-13H2,1-3H3. The van der Waals surface area contributed by atoms with Gasteiger partial charge in [0.2, 0.25) is 10.0 Å². The first kappa shape index (κ1) is 19.1. The number of nitrogens with zero attached hydrogens (tertiary/aromatic N) is 1. The molecular formula is C18H23BrN2O2S. The van der Waals surface area contributed by atoms with Gasteiger partial charge in [-0.1, -0.05) is 46.3 Å². The minimum atomic E-state index is -3.52. The Morgan fingerprint density at radius 3 is 2.38 bits per heavy atom. The topological polar surface area (TPSA) is 49.4 Å². The van der Waals surface area contributed by atoms with E-state index in [-0.39, 0.29) is 6.04 Å².